The molecule has 3 rings (SSSR count). The van der Waals surface area contributed by atoms with Crippen LogP contribution in [0, 0.1) is 0 Å². The number of hydrogen-bond donors (Lipinski definition) is 0. The van der Waals surface area contributed by atoms with Crippen molar-refractivity contribution in [3.63, 3.8) is 0 Å². The zero-order valence-corrected chi connectivity index (χ0v) is 15.0. The minimum absolute atomic E-state index is 0.00282. The molecule has 3 heterocycles. The highest BCUT2D eigenvalue weighted by Gasteiger charge is 2.26. The topological polar surface area (TPSA) is 64.3 Å². The molecule has 0 aromatic carbocycles. The fourth-order valence-corrected chi connectivity index (χ4v) is 4.39. The Kier molecular flexibility index (Phi) is 4.89. The Morgan fingerprint density at radius 3 is 2.75 bits per heavy atom. The molecule has 24 heavy (non-hydrogen) atoms. The first-order chi connectivity index (χ1) is 11.6. The summed E-state index contributed by atoms with van der Waals surface area (Å²) in [6.45, 7) is 4.93. The summed E-state index contributed by atoms with van der Waals surface area (Å²) in [5, 5.41) is 1.79. The van der Waals surface area contributed by atoms with Crippen LogP contribution in [-0.2, 0) is 17.9 Å². The molecule has 0 bridgehead atoms. The molecule has 1 amide bonds. The van der Waals surface area contributed by atoms with Gasteiger partial charge in [-0.2, -0.15) is 0 Å². The molecule has 0 saturated carbocycles. The van der Waals surface area contributed by atoms with E-state index in [1.807, 2.05) is 4.90 Å². The summed E-state index contributed by atoms with van der Waals surface area (Å²) < 4.78 is 3.20. The maximum atomic E-state index is 12.8. The van der Waals surface area contributed by atoms with Gasteiger partial charge in [0.05, 0.1) is 5.52 Å². The van der Waals surface area contributed by atoms with Crippen LogP contribution in [0.15, 0.2) is 21.0 Å². The number of fused-ring (bicyclic) bond motifs is 1. The van der Waals surface area contributed by atoms with E-state index in [0.717, 1.165) is 32.2 Å². The summed E-state index contributed by atoms with van der Waals surface area (Å²) in [4.78, 5) is 39.7. The van der Waals surface area contributed by atoms with Gasteiger partial charge in [0, 0.05) is 19.1 Å². The number of carbonyl (C=O) groups is 1. The van der Waals surface area contributed by atoms with Crippen molar-refractivity contribution in [2.75, 3.05) is 6.54 Å². The average Bonchev–Trinajstić information content (AvgIpc) is 3.08. The first-order valence-corrected chi connectivity index (χ1v) is 9.46. The molecule has 2 aromatic rings. The minimum atomic E-state index is -0.396. The maximum Gasteiger partial charge on any atom is 0.331 e. The lowest BCUT2D eigenvalue weighted by Crippen LogP contribution is -2.47. The summed E-state index contributed by atoms with van der Waals surface area (Å²) in [7, 11) is 0. The van der Waals surface area contributed by atoms with Crippen molar-refractivity contribution in [2.45, 2.75) is 58.7 Å². The van der Waals surface area contributed by atoms with Crippen LogP contribution in [0.25, 0.3) is 10.2 Å². The van der Waals surface area contributed by atoms with E-state index in [2.05, 4.69) is 6.92 Å². The molecular formula is C17H23N3O3S. The van der Waals surface area contributed by atoms with E-state index in [0.29, 0.717) is 16.8 Å². The predicted molar refractivity (Wildman–Crippen MR) is 95.7 cm³/mol. The smallest absolute Gasteiger partial charge is 0.331 e. The summed E-state index contributed by atoms with van der Waals surface area (Å²) in [6, 6.07) is 2.01. The van der Waals surface area contributed by atoms with Gasteiger partial charge in [0.1, 0.15) is 11.2 Å². The fourth-order valence-electron chi connectivity index (χ4n) is 3.54. The minimum Gasteiger partial charge on any atom is -0.338 e. The van der Waals surface area contributed by atoms with E-state index in [1.165, 1.54) is 20.5 Å². The van der Waals surface area contributed by atoms with E-state index in [1.54, 1.807) is 18.4 Å². The number of hydrogen-bond acceptors (Lipinski definition) is 4. The molecule has 1 aliphatic rings. The molecule has 1 saturated heterocycles. The molecule has 0 spiro atoms. The van der Waals surface area contributed by atoms with Crippen molar-refractivity contribution in [2.24, 2.45) is 0 Å². The molecule has 1 fully saturated rings. The summed E-state index contributed by atoms with van der Waals surface area (Å²) in [5.41, 5.74) is -0.0921. The molecule has 0 N–H and O–H groups in total. The fraction of sp³-hybridized carbons (Fsp3) is 0.588. The number of thiophene rings is 1. The van der Waals surface area contributed by atoms with E-state index in [-0.39, 0.29) is 24.1 Å². The van der Waals surface area contributed by atoms with Gasteiger partial charge in [0.15, 0.2) is 0 Å². The van der Waals surface area contributed by atoms with E-state index >= 15 is 0 Å². The SMILES string of the molecule is CCC1CCCCN1C(=O)Cn1c(=O)n(CC)c(=O)c2sccc21. The van der Waals surface area contributed by atoms with Crippen LogP contribution >= 0.6 is 11.3 Å². The summed E-state index contributed by atoms with van der Waals surface area (Å²) >= 11 is 1.32. The van der Waals surface area contributed by atoms with Crippen LogP contribution in [0.4, 0.5) is 0 Å². The van der Waals surface area contributed by atoms with Gasteiger partial charge in [-0.25, -0.2) is 4.79 Å². The van der Waals surface area contributed by atoms with E-state index in [4.69, 9.17) is 0 Å². The van der Waals surface area contributed by atoms with Crippen LogP contribution in [0.1, 0.15) is 39.5 Å². The summed E-state index contributed by atoms with van der Waals surface area (Å²) in [5.74, 6) is -0.0301. The van der Waals surface area contributed by atoms with Crippen LogP contribution in [-0.4, -0.2) is 32.5 Å². The van der Waals surface area contributed by atoms with Crippen molar-refractivity contribution >= 4 is 27.5 Å². The maximum absolute atomic E-state index is 12.8. The molecule has 1 atom stereocenters. The van der Waals surface area contributed by atoms with Gasteiger partial charge >= 0.3 is 5.69 Å². The Labute approximate surface area is 144 Å². The van der Waals surface area contributed by atoms with Crippen LogP contribution in [0.3, 0.4) is 0 Å². The van der Waals surface area contributed by atoms with Crippen LogP contribution in [0.5, 0.6) is 0 Å². The van der Waals surface area contributed by atoms with Crippen molar-refractivity contribution in [3.05, 3.63) is 32.3 Å². The zero-order chi connectivity index (χ0) is 17.3. The molecule has 1 unspecified atom stereocenters. The van der Waals surface area contributed by atoms with Gasteiger partial charge in [0.2, 0.25) is 5.91 Å². The monoisotopic (exact) mass is 349 g/mol. The van der Waals surface area contributed by atoms with Crippen LogP contribution in [0.2, 0.25) is 0 Å². The molecule has 0 aliphatic carbocycles. The Morgan fingerprint density at radius 2 is 2.04 bits per heavy atom. The molecule has 1 aliphatic heterocycles. The molecule has 6 nitrogen and oxygen atoms in total. The van der Waals surface area contributed by atoms with Gasteiger partial charge in [-0.3, -0.25) is 18.7 Å². The van der Waals surface area contributed by atoms with Crippen molar-refractivity contribution in [3.8, 4) is 0 Å². The standard InChI is InChI=1S/C17H23N3O3S/c1-3-12-7-5-6-9-19(12)14(21)11-20-13-8-10-24-15(13)16(22)18(4-2)17(20)23/h8,10,12H,3-7,9,11H2,1-2H3. The highest BCUT2D eigenvalue weighted by molar-refractivity contribution is 7.17. The number of carbonyl (C=O) groups excluding carboxylic acids is 1. The zero-order valence-electron chi connectivity index (χ0n) is 14.2. The number of aromatic nitrogens is 2. The third-order valence-corrected chi connectivity index (χ3v) is 5.76. The van der Waals surface area contributed by atoms with Gasteiger partial charge in [-0.05, 0) is 44.1 Å². The van der Waals surface area contributed by atoms with Crippen molar-refractivity contribution in [1.29, 1.82) is 0 Å². The molecular weight excluding hydrogens is 326 g/mol. The van der Waals surface area contributed by atoms with E-state index in [9.17, 15) is 14.4 Å². The Balaban J connectivity index is 2.01. The van der Waals surface area contributed by atoms with Gasteiger partial charge in [-0.1, -0.05) is 6.92 Å². The highest BCUT2D eigenvalue weighted by Crippen LogP contribution is 2.21. The van der Waals surface area contributed by atoms with Gasteiger partial charge in [-0.15, -0.1) is 11.3 Å². The normalized spacial score (nSPS) is 18.2. The number of piperidine rings is 1. The third kappa shape index (κ3) is 2.81. The lowest BCUT2D eigenvalue weighted by Gasteiger charge is -2.35. The van der Waals surface area contributed by atoms with E-state index < -0.39 is 5.69 Å². The average molecular weight is 349 g/mol. The first-order valence-electron chi connectivity index (χ1n) is 8.58. The van der Waals surface area contributed by atoms with Crippen molar-refractivity contribution < 1.29 is 4.79 Å². The second kappa shape index (κ2) is 6.93. The largest absolute Gasteiger partial charge is 0.338 e. The summed E-state index contributed by atoms with van der Waals surface area (Å²) in [6.07, 6.45) is 4.12. The van der Waals surface area contributed by atoms with Crippen molar-refractivity contribution in [1.82, 2.24) is 14.0 Å². The molecule has 130 valence electrons. The second-order valence-electron chi connectivity index (χ2n) is 6.20. The molecule has 0 radical (unpaired) electrons. The predicted octanol–water partition coefficient (Wildman–Crippen LogP) is 2.04. The number of likely N-dealkylation sites (tertiary alicyclic amines) is 1. The number of nitrogens with zero attached hydrogens (tertiary/aromatic N) is 3. The van der Waals surface area contributed by atoms with Gasteiger partial charge < -0.3 is 4.90 Å². The Hall–Kier alpha value is -1.89. The molecule has 2 aromatic heterocycles. The Bertz CT molecular complexity index is 864. The van der Waals surface area contributed by atoms with Gasteiger partial charge in [0.25, 0.3) is 5.56 Å². The quantitative estimate of drug-likeness (QED) is 0.848. The second-order valence-corrected chi connectivity index (χ2v) is 7.11. The Morgan fingerprint density at radius 1 is 1.25 bits per heavy atom. The lowest BCUT2D eigenvalue weighted by molar-refractivity contribution is -0.135. The van der Waals surface area contributed by atoms with Crippen LogP contribution < -0.4 is 11.2 Å². The lowest BCUT2D eigenvalue weighted by atomic mass is 10.00. The molecule has 7 heteroatoms. The third-order valence-electron chi connectivity index (χ3n) is 4.86. The highest BCUT2D eigenvalue weighted by atomic mass is 32.1. The first kappa shape index (κ1) is 17.0. The number of rotatable bonds is 4. The number of amides is 1.